The van der Waals surface area contributed by atoms with E-state index < -0.39 is 0 Å². The van der Waals surface area contributed by atoms with Crippen molar-refractivity contribution in [3.8, 4) is 0 Å². The fourth-order valence-electron chi connectivity index (χ4n) is 2.48. The molecule has 2 amide bonds. The van der Waals surface area contributed by atoms with Crippen molar-refractivity contribution in [3.05, 3.63) is 0 Å². The number of rotatable bonds is 10. The minimum absolute atomic E-state index is 0.0146. The first kappa shape index (κ1) is 17.0. The van der Waals surface area contributed by atoms with Crippen LogP contribution in [0.5, 0.6) is 0 Å². The zero-order valence-electron chi connectivity index (χ0n) is 12.7. The lowest BCUT2D eigenvalue weighted by Crippen LogP contribution is -2.28. The number of carbonyl (C=O) groups excluding carboxylic acids is 2. The highest BCUT2D eigenvalue weighted by Crippen LogP contribution is 2.06. The van der Waals surface area contributed by atoms with Gasteiger partial charge >= 0.3 is 0 Å². The molecule has 1 heterocycles. The molecule has 1 fully saturated rings. The zero-order valence-corrected chi connectivity index (χ0v) is 12.7. The summed E-state index contributed by atoms with van der Waals surface area (Å²) in [5.74, 6) is 0.173. The van der Waals surface area contributed by atoms with E-state index in [-0.39, 0.29) is 11.8 Å². The first-order valence-electron chi connectivity index (χ1n) is 7.92. The molecule has 0 spiro atoms. The van der Waals surface area contributed by atoms with E-state index >= 15 is 0 Å². The highest BCUT2D eigenvalue weighted by molar-refractivity contribution is 5.75. The van der Waals surface area contributed by atoms with E-state index in [0.29, 0.717) is 13.0 Å². The molecule has 0 radical (unpaired) electrons. The summed E-state index contributed by atoms with van der Waals surface area (Å²) in [4.78, 5) is 24.7. The predicted molar refractivity (Wildman–Crippen MR) is 80.5 cm³/mol. The normalized spacial score (nSPS) is 15.2. The summed E-state index contributed by atoms with van der Waals surface area (Å²) in [5, 5.41) is 5.74. The van der Waals surface area contributed by atoms with Gasteiger partial charge in [0.15, 0.2) is 0 Å². The average Bonchev–Trinajstić information content (AvgIpc) is 2.91. The van der Waals surface area contributed by atoms with Gasteiger partial charge in [-0.25, -0.2) is 0 Å². The first-order chi connectivity index (χ1) is 9.68. The second-order valence-electron chi connectivity index (χ2n) is 5.55. The second kappa shape index (κ2) is 10.7. The molecule has 0 aromatic heterocycles. The van der Waals surface area contributed by atoms with E-state index in [0.717, 1.165) is 38.8 Å². The van der Waals surface area contributed by atoms with Gasteiger partial charge in [-0.3, -0.25) is 9.59 Å². The van der Waals surface area contributed by atoms with Crippen LogP contribution in [0.15, 0.2) is 0 Å². The van der Waals surface area contributed by atoms with Gasteiger partial charge in [0.1, 0.15) is 0 Å². The van der Waals surface area contributed by atoms with Crippen LogP contribution in [0, 0.1) is 0 Å². The Hall–Kier alpha value is -1.10. The summed E-state index contributed by atoms with van der Waals surface area (Å²) in [6.07, 6.45) is 7.13. The summed E-state index contributed by atoms with van der Waals surface area (Å²) in [6.45, 7) is 6.59. The molecule has 0 bridgehead atoms. The van der Waals surface area contributed by atoms with E-state index in [9.17, 15) is 9.59 Å². The highest BCUT2D eigenvalue weighted by atomic mass is 16.2. The van der Waals surface area contributed by atoms with Crippen LogP contribution in [-0.4, -0.2) is 49.4 Å². The van der Waals surface area contributed by atoms with Gasteiger partial charge < -0.3 is 15.5 Å². The Bertz CT molecular complexity index is 289. The molecule has 0 unspecified atom stereocenters. The molecule has 116 valence electrons. The molecule has 0 saturated carbocycles. The van der Waals surface area contributed by atoms with Gasteiger partial charge in [0.05, 0.1) is 0 Å². The molecule has 1 rings (SSSR count). The van der Waals surface area contributed by atoms with Crippen LogP contribution in [0.3, 0.4) is 0 Å². The van der Waals surface area contributed by atoms with Crippen molar-refractivity contribution in [2.24, 2.45) is 0 Å². The maximum absolute atomic E-state index is 11.6. The first-order valence-corrected chi connectivity index (χ1v) is 7.92. The zero-order chi connectivity index (χ0) is 14.6. The second-order valence-corrected chi connectivity index (χ2v) is 5.55. The number of nitrogens with zero attached hydrogens (tertiary/aromatic N) is 1. The number of hydrogen-bond acceptors (Lipinski definition) is 3. The average molecular weight is 283 g/mol. The number of likely N-dealkylation sites (tertiary alicyclic amines) is 1. The van der Waals surface area contributed by atoms with Crippen LogP contribution < -0.4 is 10.6 Å². The van der Waals surface area contributed by atoms with E-state index in [2.05, 4.69) is 15.5 Å². The fraction of sp³-hybridized carbons (Fsp3) is 0.867. The summed E-state index contributed by atoms with van der Waals surface area (Å²) in [6, 6.07) is 0. The van der Waals surface area contributed by atoms with Crippen molar-refractivity contribution in [3.63, 3.8) is 0 Å². The summed E-state index contributed by atoms with van der Waals surface area (Å²) < 4.78 is 0. The maximum Gasteiger partial charge on any atom is 0.219 e. The van der Waals surface area contributed by atoms with Crippen molar-refractivity contribution < 1.29 is 9.59 Å². The van der Waals surface area contributed by atoms with Crippen molar-refractivity contribution in [2.45, 2.75) is 51.9 Å². The van der Waals surface area contributed by atoms with E-state index in [1.807, 2.05) is 0 Å². The molecule has 1 aliphatic rings. The Balaban J connectivity index is 1.83. The van der Waals surface area contributed by atoms with Crippen molar-refractivity contribution in [2.75, 3.05) is 32.7 Å². The van der Waals surface area contributed by atoms with Crippen molar-refractivity contribution in [1.29, 1.82) is 0 Å². The number of amides is 2. The van der Waals surface area contributed by atoms with Crippen LogP contribution >= 0.6 is 0 Å². The molecule has 2 N–H and O–H groups in total. The number of nitrogens with one attached hydrogen (secondary N) is 2. The molecule has 0 aromatic carbocycles. The van der Waals surface area contributed by atoms with Gasteiger partial charge in [-0.1, -0.05) is 6.42 Å². The Morgan fingerprint density at radius 1 is 0.950 bits per heavy atom. The molecule has 0 atom stereocenters. The molecule has 5 nitrogen and oxygen atoms in total. The van der Waals surface area contributed by atoms with E-state index in [4.69, 9.17) is 0 Å². The highest BCUT2D eigenvalue weighted by Gasteiger charge is 2.10. The monoisotopic (exact) mass is 283 g/mol. The van der Waals surface area contributed by atoms with Crippen LogP contribution in [0.25, 0.3) is 0 Å². The van der Waals surface area contributed by atoms with E-state index in [1.54, 1.807) is 0 Å². The van der Waals surface area contributed by atoms with Crippen LogP contribution in [0.4, 0.5) is 0 Å². The molecule has 5 heteroatoms. The van der Waals surface area contributed by atoms with Crippen LogP contribution in [0.1, 0.15) is 51.9 Å². The summed E-state index contributed by atoms with van der Waals surface area (Å²) in [7, 11) is 0. The lowest BCUT2D eigenvalue weighted by molar-refractivity contribution is -0.121. The Kier molecular flexibility index (Phi) is 9.04. The third-order valence-corrected chi connectivity index (χ3v) is 3.63. The largest absolute Gasteiger partial charge is 0.356 e. The van der Waals surface area contributed by atoms with Gasteiger partial charge in [-0.2, -0.15) is 0 Å². The van der Waals surface area contributed by atoms with Crippen molar-refractivity contribution in [1.82, 2.24) is 15.5 Å². The SMILES string of the molecule is CC(=O)NCCCCCC(=O)NCCCN1CCCC1. The third kappa shape index (κ3) is 8.91. The topological polar surface area (TPSA) is 61.4 Å². The molecule has 0 aromatic rings. The lowest BCUT2D eigenvalue weighted by Gasteiger charge is -2.14. The lowest BCUT2D eigenvalue weighted by atomic mass is 10.2. The third-order valence-electron chi connectivity index (χ3n) is 3.63. The quantitative estimate of drug-likeness (QED) is 0.594. The fourth-order valence-corrected chi connectivity index (χ4v) is 2.48. The number of unbranched alkanes of at least 4 members (excludes halogenated alkanes) is 2. The van der Waals surface area contributed by atoms with E-state index in [1.165, 1.54) is 32.9 Å². The smallest absolute Gasteiger partial charge is 0.219 e. The van der Waals surface area contributed by atoms with Gasteiger partial charge in [0, 0.05) is 26.4 Å². The van der Waals surface area contributed by atoms with Crippen LogP contribution in [-0.2, 0) is 9.59 Å². The molecular formula is C15H29N3O2. The minimum Gasteiger partial charge on any atom is -0.356 e. The van der Waals surface area contributed by atoms with Gasteiger partial charge in [0.2, 0.25) is 11.8 Å². The molecule has 0 aliphatic carbocycles. The predicted octanol–water partition coefficient (Wildman–Crippen LogP) is 1.29. The summed E-state index contributed by atoms with van der Waals surface area (Å²) in [5.41, 5.74) is 0. The Morgan fingerprint density at radius 3 is 2.35 bits per heavy atom. The van der Waals surface area contributed by atoms with Gasteiger partial charge in [-0.15, -0.1) is 0 Å². The standard InChI is InChI=1S/C15H29N3O2/c1-14(19)16-9-4-2-3-8-15(20)17-10-7-13-18-11-5-6-12-18/h2-13H2,1H3,(H,16,19)(H,17,20). The number of carbonyl (C=O) groups is 2. The molecule has 1 saturated heterocycles. The minimum atomic E-state index is 0.0146. The molecular weight excluding hydrogens is 254 g/mol. The Morgan fingerprint density at radius 2 is 1.65 bits per heavy atom. The van der Waals surface area contributed by atoms with Gasteiger partial charge in [0.25, 0.3) is 0 Å². The molecule has 20 heavy (non-hydrogen) atoms. The van der Waals surface area contributed by atoms with Crippen molar-refractivity contribution >= 4 is 11.8 Å². The van der Waals surface area contributed by atoms with Gasteiger partial charge in [-0.05, 0) is 51.7 Å². The summed E-state index contributed by atoms with van der Waals surface area (Å²) >= 11 is 0. The van der Waals surface area contributed by atoms with Crippen LogP contribution in [0.2, 0.25) is 0 Å². The number of hydrogen-bond donors (Lipinski definition) is 2. The molecule has 1 aliphatic heterocycles. The maximum atomic E-state index is 11.6. The Labute approximate surface area is 122 Å².